The van der Waals surface area contributed by atoms with Crippen LogP contribution in [0.2, 0.25) is 0 Å². The highest BCUT2D eigenvalue weighted by Gasteiger charge is 2.06. The molecule has 0 aliphatic rings. The van der Waals surface area contributed by atoms with Crippen LogP contribution in [-0.4, -0.2) is 26.6 Å². The summed E-state index contributed by atoms with van der Waals surface area (Å²) in [6.07, 6.45) is 0.307. The van der Waals surface area contributed by atoms with Crippen molar-refractivity contribution in [1.82, 2.24) is 5.32 Å². The highest BCUT2D eigenvalue weighted by molar-refractivity contribution is 9.10. The van der Waals surface area contributed by atoms with Gasteiger partial charge in [0.05, 0.1) is 5.75 Å². The van der Waals surface area contributed by atoms with Crippen LogP contribution in [0, 0.1) is 0 Å². The van der Waals surface area contributed by atoms with E-state index in [9.17, 15) is 13.2 Å². The average molecular weight is 321 g/mol. The number of rotatable bonds is 5. The molecule has 94 valence electrons. The number of halogens is 1. The predicted molar refractivity (Wildman–Crippen MR) is 69.1 cm³/mol. The third-order valence-corrected chi connectivity index (χ3v) is 3.38. The van der Waals surface area contributed by atoms with Gasteiger partial charge in [-0.05, 0) is 30.7 Å². The zero-order valence-electron chi connectivity index (χ0n) is 9.02. The van der Waals surface area contributed by atoms with Crippen LogP contribution >= 0.6 is 15.9 Å². The van der Waals surface area contributed by atoms with Gasteiger partial charge in [0.1, 0.15) is 0 Å². The Hall–Kier alpha value is -0.920. The molecular formula is C10H13BrN2O3S. The molecule has 3 N–H and O–H groups in total. The fourth-order valence-corrected chi connectivity index (χ4v) is 1.99. The average Bonchev–Trinajstić information content (AvgIpc) is 2.24. The van der Waals surface area contributed by atoms with E-state index in [1.165, 1.54) is 0 Å². The highest BCUT2D eigenvalue weighted by atomic mass is 79.9. The lowest BCUT2D eigenvalue weighted by atomic mass is 10.2. The second-order valence-electron chi connectivity index (χ2n) is 3.48. The summed E-state index contributed by atoms with van der Waals surface area (Å²) in [4.78, 5) is 11.6. The number of nitrogens with two attached hydrogens (primary N) is 1. The van der Waals surface area contributed by atoms with E-state index >= 15 is 0 Å². The van der Waals surface area contributed by atoms with Gasteiger partial charge in [-0.25, -0.2) is 13.6 Å². The van der Waals surface area contributed by atoms with Crippen molar-refractivity contribution in [2.24, 2.45) is 5.14 Å². The highest BCUT2D eigenvalue weighted by Crippen LogP contribution is 2.10. The zero-order valence-corrected chi connectivity index (χ0v) is 11.4. The first-order valence-electron chi connectivity index (χ1n) is 4.93. The number of amides is 1. The van der Waals surface area contributed by atoms with Crippen LogP contribution in [-0.2, 0) is 10.0 Å². The quantitative estimate of drug-likeness (QED) is 0.788. The molecule has 0 bridgehead atoms. The van der Waals surface area contributed by atoms with Crippen molar-refractivity contribution >= 4 is 31.9 Å². The molecule has 0 saturated heterocycles. The van der Waals surface area contributed by atoms with E-state index in [1.807, 2.05) is 0 Å². The number of carbonyl (C=O) groups is 1. The zero-order chi connectivity index (χ0) is 12.9. The van der Waals surface area contributed by atoms with Crippen molar-refractivity contribution in [3.8, 4) is 0 Å². The lowest BCUT2D eigenvalue weighted by Crippen LogP contribution is -2.27. The fraction of sp³-hybridized carbons (Fsp3) is 0.300. The van der Waals surface area contributed by atoms with E-state index in [1.54, 1.807) is 24.3 Å². The Kier molecular flexibility index (Phi) is 5.10. The van der Waals surface area contributed by atoms with E-state index in [0.717, 1.165) is 4.47 Å². The third kappa shape index (κ3) is 5.81. The minimum absolute atomic E-state index is 0.131. The number of nitrogens with one attached hydrogen (secondary N) is 1. The number of hydrogen-bond acceptors (Lipinski definition) is 3. The van der Waals surface area contributed by atoms with Gasteiger partial charge >= 0.3 is 0 Å². The van der Waals surface area contributed by atoms with Crippen molar-refractivity contribution < 1.29 is 13.2 Å². The van der Waals surface area contributed by atoms with Gasteiger partial charge in [-0.2, -0.15) is 0 Å². The summed E-state index contributed by atoms with van der Waals surface area (Å²) in [7, 11) is -3.45. The van der Waals surface area contributed by atoms with Crippen LogP contribution in [0.1, 0.15) is 16.8 Å². The van der Waals surface area contributed by atoms with E-state index in [2.05, 4.69) is 21.2 Å². The van der Waals surface area contributed by atoms with Gasteiger partial charge in [0.25, 0.3) is 5.91 Å². The molecule has 1 aromatic carbocycles. The van der Waals surface area contributed by atoms with Gasteiger partial charge in [-0.1, -0.05) is 15.9 Å². The summed E-state index contributed by atoms with van der Waals surface area (Å²) in [5.41, 5.74) is 0.531. The monoisotopic (exact) mass is 320 g/mol. The predicted octanol–water partition coefficient (Wildman–Crippen LogP) is 0.858. The largest absolute Gasteiger partial charge is 0.352 e. The molecule has 5 nitrogen and oxygen atoms in total. The molecular weight excluding hydrogens is 308 g/mol. The van der Waals surface area contributed by atoms with Crippen molar-refractivity contribution in [2.75, 3.05) is 12.3 Å². The molecule has 0 atom stereocenters. The first-order valence-corrected chi connectivity index (χ1v) is 7.43. The molecule has 0 aliphatic carbocycles. The molecule has 0 fully saturated rings. The van der Waals surface area contributed by atoms with Gasteiger partial charge in [-0.15, -0.1) is 0 Å². The van der Waals surface area contributed by atoms with E-state index in [0.29, 0.717) is 12.0 Å². The van der Waals surface area contributed by atoms with Crippen LogP contribution in [0.5, 0.6) is 0 Å². The van der Waals surface area contributed by atoms with Gasteiger partial charge in [0.15, 0.2) is 0 Å². The Bertz CT molecular complexity index is 485. The Balaban J connectivity index is 2.38. The normalized spacial score (nSPS) is 11.2. The second kappa shape index (κ2) is 6.13. The van der Waals surface area contributed by atoms with Crippen LogP contribution in [0.4, 0.5) is 0 Å². The minimum Gasteiger partial charge on any atom is -0.352 e. The molecule has 0 unspecified atom stereocenters. The van der Waals surface area contributed by atoms with Gasteiger partial charge in [0.2, 0.25) is 10.0 Å². The topological polar surface area (TPSA) is 89.3 Å². The summed E-state index contributed by atoms with van der Waals surface area (Å²) >= 11 is 3.27. The Morgan fingerprint density at radius 1 is 1.29 bits per heavy atom. The van der Waals surface area contributed by atoms with Crippen molar-refractivity contribution in [1.29, 1.82) is 0 Å². The second-order valence-corrected chi connectivity index (χ2v) is 6.13. The van der Waals surface area contributed by atoms with E-state index < -0.39 is 10.0 Å². The van der Waals surface area contributed by atoms with Gasteiger partial charge in [-0.3, -0.25) is 4.79 Å². The van der Waals surface area contributed by atoms with E-state index in [4.69, 9.17) is 5.14 Å². The Morgan fingerprint density at radius 2 is 1.88 bits per heavy atom. The number of carbonyl (C=O) groups excluding carboxylic acids is 1. The lowest BCUT2D eigenvalue weighted by molar-refractivity contribution is 0.0953. The number of sulfonamides is 1. The summed E-state index contributed by atoms with van der Waals surface area (Å²) < 4.78 is 22.2. The maximum absolute atomic E-state index is 11.6. The number of primary sulfonamides is 1. The number of hydrogen-bond donors (Lipinski definition) is 2. The molecule has 7 heteroatoms. The molecule has 0 aromatic heterocycles. The molecule has 17 heavy (non-hydrogen) atoms. The van der Waals surface area contributed by atoms with Gasteiger partial charge in [0, 0.05) is 16.6 Å². The first kappa shape index (κ1) is 14.1. The summed E-state index contributed by atoms with van der Waals surface area (Å²) in [5, 5.41) is 7.45. The maximum atomic E-state index is 11.6. The van der Waals surface area contributed by atoms with Crippen molar-refractivity contribution in [3.63, 3.8) is 0 Å². The molecule has 1 rings (SSSR count). The molecule has 0 radical (unpaired) electrons. The SMILES string of the molecule is NS(=O)(=O)CCCNC(=O)c1ccc(Br)cc1. The molecule has 0 aliphatic heterocycles. The first-order chi connectivity index (χ1) is 7.88. The molecule has 1 aromatic rings. The fourth-order valence-electron chi connectivity index (χ4n) is 1.18. The molecule has 1 amide bonds. The molecule has 0 saturated carbocycles. The summed E-state index contributed by atoms with van der Waals surface area (Å²) in [5.74, 6) is -0.361. The van der Waals surface area contributed by atoms with E-state index in [-0.39, 0.29) is 18.2 Å². The van der Waals surface area contributed by atoms with Crippen LogP contribution < -0.4 is 10.5 Å². The van der Waals surface area contributed by atoms with Crippen LogP contribution in [0.25, 0.3) is 0 Å². The third-order valence-electron chi connectivity index (χ3n) is 2.00. The Labute approximate surface area is 109 Å². The lowest BCUT2D eigenvalue weighted by Gasteiger charge is -2.04. The standard InChI is InChI=1S/C10H13BrN2O3S/c11-9-4-2-8(3-5-9)10(14)13-6-1-7-17(12,15)16/h2-5H,1,6-7H2,(H,13,14)(H2,12,15,16). The van der Waals surface area contributed by atoms with Crippen molar-refractivity contribution in [3.05, 3.63) is 34.3 Å². The maximum Gasteiger partial charge on any atom is 0.251 e. The van der Waals surface area contributed by atoms with Crippen LogP contribution in [0.15, 0.2) is 28.7 Å². The number of benzene rings is 1. The van der Waals surface area contributed by atoms with Crippen LogP contribution in [0.3, 0.4) is 0 Å². The summed E-state index contributed by atoms with van der Waals surface area (Å²) in [6.45, 7) is 0.283. The van der Waals surface area contributed by atoms with Crippen molar-refractivity contribution in [2.45, 2.75) is 6.42 Å². The van der Waals surface area contributed by atoms with Gasteiger partial charge < -0.3 is 5.32 Å². The smallest absolute Gasteiger partial charge is 0.251 e. The Morgan fingerprint density at radius 3 is 2.41 bits per heavy atom. The molecule has 0 spiro atoms. The molecule has 0 heterocycles. The minimum atomic E-state index is -3.45. The summed E-state index contributed by atoms with van der Waals surface area (Å²) in [6, 6.07) is 6.89.